The molecule has 3 aromatic heterocycles. The van der Waals surface area contributed by atoms with Crippen LogP contribution in [0.1, 0.15) is 58.3 Å². The van der Waals surface area contributed by atoms with Crippen LogP contribution in [-0.4, -0.2) is 156 Å². The number of phosphoric ester groups is 2. The number of fused-ring (bicyclic) bond motifs is 3. The summed E-state index contributed by atoms with van der Waals surface area (Å²) < 4.78 is 60.3. The monoisotopic (exact) mass is 1140 g/mol. The fraction of sp³-hybridized carbons (Fsp3) is 0.375. The maximum absolute atomic E-state index is 13.4. The predicted molar refractivity (Wildman–Crippen MR) is 279 cm³/mol. The molecule has 5 heterocycles. The fourth-order valence-corrected chi connectivity index (χ4v) is 10.5. The van der Waals surface area contributed by atoms with Gasteiger partial charge in [0.25, 0.3) is 5.91 Å². The van der Waals surface area contributed by atoms with Crippen LogP contribution in [0.5, 0.6) is 0 Å². The minimum atomic E-state index is -5.49. The van der Waals surface area contributed by atoms with Crippen molar-refractivity contribution in [3.05, 3.63) is 95.6 Å². The number of nitrogens with one attached hydrogen (secondary N) is 2. The molecule has 420 valence electrons. The Hall–Kier alpha value is -7.72. The third kappa shape index (κ3) is 13.9. The van der Waals surface area contributed by atoms with Crippen molar-refractivity contribution in [3.8, 4) is 22.5 Å². The van der Waals surface area contributed by atoms with Crippen molar-refractivity contribution < 1.29 is 80.7 Å². The predicted octanol–water partition coefficient (Wildman–Crippen LogP) is 2.67. The molecule has 1 saturated heterocycles. The van der Waals surface area contributed by atoms with Crippen molar-refractivity contribution in [1.82, 2.24) is 49.7 Å². The first-order valence-electron chi connectivity index (χ1n) is 24.4. The van der Waals surface area contributed by atoms with Crippen molar-refractivity contribution in [3.63, 3.8) is 0 Å². The number of aromatic nitrogens is 7. The number of carboxylic acids is 1. The van der Waals surface area contributed by atoms with Crippen LogP contribution >= 0.6 is 15.6 Å². The van der Waals surface area contributed by atoms with Crippen molar-refractivity contribution in [2.75, 3.05) is 65.1 Å². The van der Waals surface area contributed by atoms with E-state index in [0.717, 1.165) is 17.4 Å². The Labute approximate surface area is 448 Å². The molecule has 8 rings (SSSR count). The molecule has 3 unspecified atom stereocenters. The highest BCUT2D eigenvalue weighted by atomic mass is 31.3. The lowest BCUT2D eigenvalue weighted by Crippen LogP contribution is -2.33. The van der Waals surface area contributed by atoms with Gasteiger partial charge in [-0.2, -0.15) is 4.31 Å². The standard InChI is InChI=1S/C48H56N12O17P2/c1-57(2)29-11-14-32-35(21-29)74-36-22-30(58(3)4)12-15-33(36)39(32)34-20-27(10-13-31(34)47(65)66)45(64)50-17-19-72-48(67)51-16-7-18-59-23-28(55-56-59)8-5-6-9-38(61)76-79(70,71)77-78(68,69)73-24-37-41(62)42(63)46(75-37)60-26-54-40-43(49)52-25-53-44(40)60/h10-15,20-23,25-26,37,41-42,46,62-63H,5-9,16-19,24H2,1-4H3,(H6-,49,50,51,52,53,64,65,66,67,68,69,70,71)/p+1/t37-,41?,42+,46-/m1/s1. The number of nitrogens with two attached hydrogens (primary N) is 1. The Morgan fingerprint density at radius 3 is 2.47 bits per heavy atom. The molecule has 29 nitrogen and oxygen atoms in total. The lowest BCUT2D eigenvalue weighted by Gasteiger charge is -2.19. The Bertz CT molecular complexity index is 3550. The van der Waals surface area contributed by atoms with Gasteiger partial charge in [-0.15, -0.1) is 5.10 Å². The minimum absolute atomic E-state index is 0.0132. The van der Waals surface area contributed by atoms with E-state index in [0.29, 0.717) is 64.9 Å². The lowest BCUT2D eigenvalue weighted by molar-refractivity contribution is -0.135. The highest BCUT2D eigenvalue weighted by Gasteiger charge is 2.46. The zero-order valence-electron chi connectivity index (χ0n) is 42.9. The van der Waals surface area contributed by atoms with E-state index >= 15 is 0 Å². The van der Waals surface area contributed by atoms with Crippen molar-refractivity contribution >= 4 is 73.2 Å². The topological polar surface area (TPSA) is 393 Å². The largest absolute Gasteiger partial charge is 0.538 e. The van der Waals surface area contributed by atoms with E-state index in [1.54, 1.807) is 10.9 Å². The number of hydrogen-bond acceptors (Lipinski definition) is 21. The summed E-state index contributed by atoms with van der Waals surface area (Å²) in [5.41, 5.74) is 9.82. The summed E-state index contributed by atoms with van der Waals surface area (Å²) in [5.74, 6) is -2.34. The molecule has 0 spiro atoms. The Kier molecular flexibility index (Phi) is 17.8. The second-order valence-electron chi connectivity index (χ2n) is 18.5. The second-order valence-corrected chi connectivity index (χ2v) is 21.4. The Morgan fingerprint density at radius 2 is 1.71 bits per heavy atom. The number of amides is 2. The van der Waals surface area contributed by atoms with E-state index in [1.165, 1.54) is 29.1 Å². The van der Waals surface area contributed by atoms with Crippen LogP contribution in [0.2, 0.25) is 0 Å². The number of aliphatic hydroxyl groups excluding tert-OH is 2. The quantitative estimate of drug-likeness (QED) is 0.0197. The number of alkyl carbamates (subject to hydrolysis) is 1. The number of rotatable bonds is 23. The van der Waals surface area contributed by atoms with Crippen LogP contribution in [0.3, 0.4) is 0 Å². The van der Waals surface area contributed by atoms with Crippen molar-refractivity contribution in [2.45, 2.75) is 63.2 Å². The molecule has 1 fully saturated rings. The first-order valence-corrected chi connectivity index (χ1v) is 27.4. The normalized spacial score (nSPS) is 17.8. The highest BCUT2D eigenvalue weighted by molar-refractivity contribution is 7.61. The third-order valence-corrected chi connectivity index (χ3v) is 15.0. The SMILES string of the molecule is CN(C)c1ccc2c(-c3cc(C(=O)NCCOC(=O)NCCCn4cc(CCCCC(=O)OP(=O)(O)OP(=O)(O)OC[C@H]5O[C@@H](n6cnc7c(N)ncnc76)[C@@H](O)C5O)nn4)ccc3C(=O)O)c3ccc(=[N+](C)C)cc-3oc2c1. The van der Waals surface area contributed by atoms with Crippen LogP contribution in [0.25, 0.3) is 44.6 Å². The van der Waals surface area contributed by atoms with Crippen LogP contribution in [0.15, 0.2) is 77.9 Å². The van der Waals surface area contributed by atoms with Gasteiger partial charge in [-0.05, 0) is 67.6 Å². The van der Waals surface area contributed by atoms with Gasteiger partial charge in [-0.3, -0.25) is 28.3 Å². The van der Waals surface area contributed by atoms with E-state index < -0.39 is 70.7 Å². The molecule has 0 radical (unpaired) electrons. The number of benzene rings is 3. The summed E-state index contributed by atoms with van der Waals surface area (Å²) in [4.78, 5) is 84.8. The van der Waals surface area contributed by atoms with Crippen LogP contribution < -0.4 is 31.2 Å². The second kappa shape index (κ2) is 24.5. The van der Waals surface area contributed by atoms with Crippen LogP contribution in [0.4, 0.5) is 16.3 Å². The number of hydrogen-bond donors (Lipinski definition) is 8. The summed E-state index contributed by atoms with van der Waals surface area (Å²) in [7, 11) is -3.30. The molecular weight excluding hydrogens is 1080 g/mol. The number of carbonyl (C=O) groups excluding carboxylic acids is 3. The third-order valence-electron chi connectivity index (χ3n) is 12.4. The number of nitrogen functional groups attached to an aromatic ring is 1. The molecule has 0 saturated carbocycles. The van der Waals surface area contributed by atoms with Gasteiger partial charge in [0.15, 0.2) is 17.7 Å². The molecule has 2 aromatic carbocycles. The first kappa shape index (κ1) is 57.5. The number of carboxylic acid groups (broad SMARTS) is 1. The molecular formula is C48H57N12O17P2+. The van der Waals surface area contributed by atoms with Crippen LogP contribution in [-0.2, 0) is 49.7 Å². The van der Waals surface area contributed by atoms with Gasteiger partial charge in [0, 0.05) is 79.7 Å². The van der Waals surface area contributed by atoms with Crippen LogP contribution in [0, 0.1) is 0 Å². The van der Waals surface area contributed by atoms with E-state index in [-0.39, 0.29) is 60.6 Å². The average molecular weight is 1140 g/mol. The number of imidazole rings is 1. The molecule has 1 aliphatic carbocycles. The van der Waals surface area contributed by atoms with Gasteiger partial charge >= 0.3 is 33.7 Å². The summed E-state index contributed by atoms with van der Waals surface area (Å²) in [6, 6.07) is 15.6. The summed E-state index contributed by atoms with van der Waals surface area (Å²) in [6.07, 6.45) is -1.78. The van der Waals surface area contributed by atoms with Gasteiger partial charge in [-0.25, -0.2) is 38.2 Å². The van der Waals surface area contributed by atoms with Gasteiger partial charge in [0.1, 0.15) is 62.2 Å². The zero-order chi connectivity index (χ0) is 56.8. The number of aryl methyl sites for hydroxylation is 2. The van der Waals surface area contributed by atoms with Gasteiger partial charge < -0.3 is 59.9 Å². The number of carbonyl (C=O) groups is 4. The minimum Gasteiger partial charge on any atom is -0.478 e. The smallest absolute Gasteiger partial charge is 0.478 e. The molecule has 31 heteroatoms. The Morgan fingerprint density at radius 1 is 0.911 bits per heavy atom. The van der Waals surface area contributed by atoms with E-state index in [9.17, 15) is 53.4 Å². The average Bonchev–Trinajstić information content (AvgIpc) is 4.16. The number of aliphatic hydroxyl groups is 2. The summed E-state index contributed by atoms with van der Waals surface area (Å²) in [5, 5.41) is 46.4. The summed E-state index contributed by atoms with van der Waals surface area (Å²) >= 11 is 0. The maximum Gasteiger partial charge on any atom is 0.538 e. The number of anilines is 2. The molecule has 0 bridgehead atoms. The van der Waals surface area contributed by atoms with Gasteiger partial charge in [0.2, 0.25) is 5.36 Å². The maximum atomic E-state index is 13.4. The number of nitrogens with zero attached hydrogens (tertiary/aromatic N) is 9. The molecule has 5 aromatic rings. The number of aromatic carboxylic acids is 1. The molecule has 9 N–H and O–H groups in total. The van der Waals surface area contributed by atoms with Crippen molar-refractivity contribution in [2.24, 2.45) is 0 Å². The van der Waals surface area contributed by atoms with E-state index in [4.69, 9.17) is 24.1 Å². The van der Waals surface area contributed by atoms with Gasteiger partial charge in [0.05, 0.1) is 36.8 Å². The van der Waals surface area contributed by atoms with Gasteiger partial charge in [-0.1, -0.05) is 5.21 Å². The number of ether oxygens (including phenoxy) is 2. The molecule has 2 aliphatic heterocycles. The van der Waals surface area contributed by atoms with E-state index in [2.05, 4.69) is 44.7 Å². The van der Waals surface area contributed by atoms with Crippen molar-refractivity contribution in [1.29, 1.82) is 0 Å². The van der Waals surface area contributed by atoms with E-state index in [1.807, 2.05) is 74.1 Å². The summed E-state index contributed by atoms with van der Waals surface area (Å²) in [6.45, 7) is -0.539. The number of phosphoric acid groups is 2. The number of unbranched alkanes of at least 4 members (excludes halogenated alkanes) is 1. The fourth-order valence-electron chi connectivity index (χ4n) is 8.49. The molecule has 6 atom stereocenters. The highest BCUT2D eigenvalue weighted by Crippen LogP contribution is 2.61. The lowest BCUT2D eigenvalue weighted by atomic mass is 9.89. The molecule has 2 amide bonds. The Balaban J connectivity index is 0.725. The first-order chi connectivity index (χ1) is 37.6. The molecule has 79 heavy (non-hydrogen) atoms. The zero-order valence-corrected chi connectivity index (χ0v) is 44.7. The molecule has 3 aliphatic rings.